The van der Waals surface area contributed by atoms with E-state index in [0.29, 0.717) is 6.54 Å². The first kappa shape index (κ1) is 11.8. The number of rotatable bonds is 3. The summed E-state index contributed by atoms with van der Waals surface area (Å²) in [7, 11) is 0. The molecule has 0 aromatic heterocycles. The molecule has 0 radical (unpaired) electrons. The second kappa shape index (κ2) is 4.44. The Morgan fingerprint density at radius 2 is 1.94 bits per heavy atom. The van der Waals surface area contributed by atoms with Gasteiger partial charge in [-0.3, -0.25) is 0 Å². The second-order valence-corrected chi connectivity index (χ2v) is 5.29. The van der Waals surface area contributed by atoms with Gasteiger partial charge in [0.05, 0.1) is 6.10 Å². The van der Waals surface area contributed by atoms with Crippen LogP contribution in [0.15, 0.2) is 18.2 Å². The van der Waals surface area contributed by atoms with E-state index in [4.69, 9.17) is 15.2 Å². The third kappa shape index (κ3) is 1.76. The molecule has 1 atom stereocenters. The Bertz CT molecular complexity index is 441. The van der Waals surface area contributed by atoms with Crippen LogP contribution >= 0.6 is 0 Å². The Hall–Kier alpha value is -1.26. The highest BCUT2D eigenvalue weighted by molar-refractivity contribution is 5.45. The normalized spacial score (nSPS) is 22.1. The maximum absolute atomic E-state index is 10.6. The molecule has 1 fully saturated rings. The van der Waals surface area contributed by atoms with E-state index < -0.39 is 6.10 Å². The molecule has 1 aromatic carbocycles. The molecule has 4 nitrogen and oxygen atoms in total. The van der Waals surface area contributed by atoms with E-state index in [0.717, 1.165) is 42.7 Å². The molecule has 2 aliphatic rings. The van der Waals surface area contributed by atoms with Crippen LogP contribution in [-0.4, -0.2) is 18.4 Å². The molecule has 18 heavy (non-hydrogen) atoms. The highest BCUT2D eigenvalue weighted by Crippen LogP contribution is 2.48. The third-order valence-electron chi connectivity index (χ3n) is 4.30. The fourth-order valence-corrected chi connectivity index (χ4v) is 3.11. The zero-order valence-electron chi connectivity index (χ0n) is 10.4. The molecular weight excluding hydrogens is 230 g/mol. The summed E-state index contributed by atoms with van der Waals surface area (Å²) in [6, 6.07) is 5.65. The third-order valence-corrected chi connectivity index (χ3v) is 4.30. The van der Waals surface area contributed by atoms with Gasteiger partial charge in [0, 0.05) is 12.0 Å². The van der Waals surface area contributed by atoms with Crippen LogP contribution < -0.4 is 15.2 Å². The van der Waals surface area contributed by atoms with Gasteiger partial charge < -0.3 is 20.3 Å². The zero-order chi connectivity index (χ0) is 12.6. The first-order valence-electron chi connectivity index (χ1n) is 6.53. The monoisotopic (exact) mass is 249 g/mol. The number of fused-ring (bicyclic) bond motifs is 1. The maximum Gasteiger partial charge on any atom is 0.231 e. The van der Waals surface area contributed by atoms with Crippen LogP contribution in [0.5, 0.6) is 11.5 Å². The summed E-state index contributed by atoms with van der Waals surface area (Å²) in [6.45, 7) is 0.791. The van der Waals surface area contributed by atoms with E-state index in [-0.39, 0.29) is 12.2 Å². The largest absolute Gasteiger partial charge is 0.454 e. The second-order valence-electron chi connectivity index (χ2n) is 5.29. The van der Waals surface area contributed by atoms with Gasteiger partial charge in [0.25, 0.3) is 0 Å². The molecular formula is C14H19NO3. The number of hydrogen-bond donors (Lipinski definition) is 2. The van der Waals surface area contributed by atoms with Crippen molar-refractivity contribution in [2.24, 2.45) is 11.1 Å². The van der Waals surface area contributed by atoms with E-state index in [1.807, 2.05) is 18.2 Å². The van der Waals surface area contributed by atoms with Crippen molar-refractivity contribution in [3.63, 3.8) is 0 Å². The number of aliphatic hydroxyl groups excluding tert-OH is 1. The van der Waals surface area contributed by atoms with Crippen molar-refractivity contribution < 1.29 is 14.6 Å². The van der Waals surface area contributed by atoms with Crippen LogP contribution in [0.4, 0.5) is 0 Å². The number of ether oxygens (including phenoxy) is 2. The Kier molecular flexibility index (Phi) is 2.92. The smallest absolute Gasteiger partial charge is 0.231 e. The SMILES string of the molecule is NCC1(C(O)c2ccc3c(c2)OCO3)CCCC1. The molecule has 0 spiro atoms. The lowest BCUT2D eigenvalue weighted by Crippen LogP contribution is -2.34. The molecule has 1 saturated carbocycles. The topological polar surface area (TPSA) is 64.7 Å². The van der Waals surface area contributed by atoms with Crippen LogP contribution in [0.3, 0.4) is 0 Å². The predicted octanol–water partition coefficient (Wildman–Crippen LogP) is 1.97. The van der Waals surface area contributed by atoms with Crippen molar-refractivity contribution in [1.82, 2.24) is 0 Å². The Balaban J connectivity index is 1.89. The molecule has 0 amide bonds. The molecule has 1 aliphatic carbocycles. The summed E-state index contributed by atoms with van der Waals surface area (Å²) in [6.07, 6.45) is 3.79. The molecule has 3 N–H and O–H groups in total. The zero-order valence-corrected chi connectivity index (χ0v) is 10.4. The summed E-state index contributed by atoms with van der Waals surface area (Å²) in [4.78, 5) is 0. The number of aliphatic hydroxyl groups is 1. The van der Waals surface area contributed by atoms with Gasteiger partial charge in [-0.2, -0.15) is 0 Å². The average molecular weight is 249 g/mol. The van der Waals surface area contributed by atoms with Crippen LogP contribution in [-0.2, 0) is 0 Å². The lowest BCUT2D eigenvalue weighted by molar-refractivity contribution is 0.0332. The molecule has 98 valence electrons. The number of benzene rings is 1. The van der Waals surface area contributed by atoms with E-state index in [2.05, 4.69) is 0 Å². The molecule has 0 saturated heterocycles. The van der Waals surface area contributed by atoms with Gasteiger partial charge in [-0.05, 0) is 30.5 Å². The fraction of sp³-hybridized carbons (Fsp3) is 0.571. The summed E-state index contributed by atoms with van der Waals surface area (Å²) >= 11 is 0. The minimum atomic E-state index is -0.514. The molecule has 1 aromatic rings. The van der Waals surface area contributed by atoms with Crippen molar-refractivity contribution in [2.75, 3.05) is 13.3 Å². The van der Waals surface area contributed by atoms with Gasteiger partial charge >= 0.3 is 0 Å². The van der Waals surface area contributed by atoms with E-state index in [9.17, 15) is 5.11 Å². The lowest BCUT2D eigenvalue weighted by atomic mass is 9.77. The van der Waals surface area contributed by atoms with Crippen molar-refractivity contribution >= 4 is 0 Å². The number of nitrogens with two attached hydrogens (primary N) is 1. The predicted molar refractivity (Wildman–Crippen MR) is 67.5 cm³/mol. The standard InChI is InChI=1S/C14H19NO3/c15-8-14(5-1-2-6-14)13(16)10-3-4-11-12(7-10)18-9-17-11/h3-4,7,13,16H,1-2,5-6,8-9,15H2. The molecule has 1 heterocycles. The summed E-state index contributed by atoms with van der Waals surface area (Å²) < 4.78 is 10.6. The number of hydrogen-bond acceptors (Lipinski definition) is 4. The van der Waals surface area contributed by atoms with Crippen LogP contribution in [0.25, 0.3) is 0 Å². The minimum absolute atomic E-state index is 0.159. The Morgan fingerprint density at radius 1 is 1.22 bits per heavy atom. The first-order chi connectivity index (χ1) is 8.75. The van der Waals surface area contributed by atoms with E-state index in [1.165, 1.54) is 0 Å². The van der Waals surface area contributed by atoms with E-state index in [1.54, 1.807) is 0 Å². The molecule has 1 unspecified atom stereocenters. The average Bonchev–Trinajstić information content (AvgIpc) is 3.06. The van der Waals surface area contributed by atoms with Gasteiger partial charge in [-0.25, -0.2) is 0 Å². The van der Waals surface area contributed by atoms with Crippen LogP contribution in [0.1, 0.15) is 37.4 Å². The quantitative estimate of drug-likeness (QED) is 0.859. The van der Waals surface area contributed by atoms with Gasteiger partial charge in [-0.15, -0.1) is 0 Å². The van der Waals surface area contributed by atoms with E-state index >= 15 is 0 Å². The van der Waals surface area contributed by atoms with Crippen LogP contribution in [0.2, 0.25) is 0 Å². The van der Waals surface area contributed by atoms with Gasteiger partial charge in [-0.1, -0.05) is 18.9 Å². The summed E-state index contributed by atoms with van der Waals surface area (Å²) in [5.41, 5.74) is 6.63. The summed E-state index contributed by atoms with van der Waals surface area (Å²) in [5.74, 6) is 1.47. The molecule has 0 bridgehead atoms. The van der Waals surface area contributed by atoms with Crippen molar-refractivity contribution in [3.05, 3.63) is 23.8 Å². The van der Waals surface area contributed by atoms with Gasteiger partial charge in [0.1, 0.15) is 0 Å². The van der Waals surface area contributed by atoms with Crippen molar-refractivity contribution in [2.45, 2.75) is 31.8 Å². The van der Waals surface area contributed by atoms with Crippen LogP contribution in [0, 0.1) is 5.41 Å². The highest BCUT2D eigenvalue weighted by atomic mass is 16.7. The lowest BCUT2D eigenvalue weighted by Gasteiger charge is -2.33. The Morgan fingerprint density at radius 3 is 2.67 bits per heavy atom. The first-order valence-corrected chi connectivity index (χ1v) is 6.53. The van der Waals surface area contributed by atoms with Crippen molar-refractivity contribution in [1.29, 1.82) is 0 Å². The maximum atomic E-state index is 10.6. The molecule has 4 heteroatoms. The Labute approximate surface area is 107 Å². The highest BCUT2D eigenvalue weighted by Gasteiger charge is 2.40. The molecule has 3 rings (SSSR count). The van der Waals surface area contributed by atoms with Gasteiger partial charge in [0.2, 0.25) is 6.79 Å². The minimum Gasteiger partial charge on any atom is -0.454 e. The fourth-order valence-electron chi connectivity index (χ4n) is 3.11. The summed E-state index contributed by atoms with van der Waals surface area (Å²) in [5, 5.41) is 10.6. The molecule has 1 aliphatic heterocycles. The van der Waals surface area contributed by atoms with Crippen molar-refractivity contribution in [3.8, 4) is 11.5 Å². The van der Waals surface area contributed by atoms with Gasteiger partial charge in [0.15, 0.2) is 11.5 Å².